The predicted octanol–water partition coefficient (Wildman–Crippen LogP) is 3.48. The Morgan fingerprint density at radius 2 is 1.86 bits per heavy atom. The first-order valence-electron chi connectivity index (χ1n) is 7.47. The quantitative estimate of drug-likeness (QED) is 0.905. The Kier molecular flexibility index (Phi) is 4.36. The van der Waals surface area contributed by atoms with Crippen LogP contribution in [0, 0.1) is 5.82 Å². The molecule has 0 atom stereocenters. The molecule has 0 spiro atoms. The molecule has 1 aromatic carbocycles. The molecule has 1 saturated carbocycles. The van der Waals surface area contributed by atoms with E-state index in [0.29, 0.717) is 23.9 Å². The van der Waals surface area contributed by atoms with Crippen LogP contribution < -0.4 is 5.32 Å². The van der Waals surface area contributed by atoms with Crippen molar-refractivity contribution in [3.8, 4) is 11.3 Å². The second-order valence-corrected chi connectivity index (χ2v) is 5.63. The molecule has 0 radical (unpaired) electrons. The maximum atomic E-state index is 13.7. The minimum Gasteiger partial charge on any atom is -0.460 e. The summed E-state index contributed by atoms with van der Waals surface area (Å²) in [5.41, 5.74) is 0.490. The molecule has 0 amide bonds. The number of halogens is 1. The van der Waals surface area contributed by atoms with Crippen molar-refractivity contribution < 1.29 is 13.9 Å². The zero-order valence-corrected chi connectivity index (χ0v) is 11.9. The molecule has 21 heavy (non-hydrogen) atoms. The van der Waals surface area contributed by atoms with Crippen LogP contribution in [0.25, 0.3) is 11.3 Å². The molecule has 0 aliphatic heterocycles. The smallest absolute Gasteiger partial charge is 0.137 e. The lowest BCUT2D eigenvalue weighted by molar-refractivity contribution is 0.116. The van der Waals surface area contributed by atoms with Gasteiger partial charge >= 0.3 is 0 Å². The summed E-state index contributed by atoms with van der Waals surface area (Å²) >= 11 is 0. The highest BCUT2D eigenvalue weighted by Gasteiger charge is 2.19. The molecule has 1 fully saturated rings. The maximum Gasteiger partial charge on any atom is 0.137 e. The minimum absolute atomic E-state index is 0.140. The van der Waals surface area contributed by atoms with Crippen LogP contribution in [-0.4, -0.2) is 17.3 Å². The van der Waals surface area contributed by atoms with Crippen molar-refractivity contribution in [2.75, 3.05) is 0 Å². The summed E-state index contributed by atoms with van der Waals surface area (Å²) in [6, 6.07) is 10.7. The summed E-state index contributed by atoms with van der Waals surface area (Å²) in [6.45, 7) is 0.634. The van der Waals surface area contributed by atoms with Gasteiger partial charge in [0.2, 0.25) is 0 Å². The summed E-state index contributed by atoms with van der Waals surface area (Å²) in [5.74, 6) is 1.09. The normalized spacial score (nSPS) is 22.4. The van der Waals surface area contributed by atoms with Crippen molar-refractivity contribution in [2.24, 2.45) is 0 Å². The summed E-state index contributed by atoms with van der Waals surface area (Å²) in [6.07, 6.45) is 3.55. The van der Waals surface area contributed by atoms with E-state index >= 15 is 0 Å². The fourth-order valence-corrected chi connectivity index (χ4v) is 2.80. The number of nitrogens with one attached hydrogen (secondary N) is 1. The lowest BCUT2D eigenvalue weighted by Crippen LogP contribution is -2.34. The highest BCUT2D eigenvalue weighted by molar-refractivity contribution is 5.58. The second kappa shape index (κ2) is 6.41. The van der Waals surface area contributed by atoms with Gasteiger partial charge < -0.3 is 14.8 Å². The average Bonchev–Trinajstić information content (AvgIpc) is 2.96. The number of rotatable bonds is 4. The first kappa shape index (κ1) is 14.3. The fourth-order valence-electron chi connectivity index (χ4n) is 2.80. The first-order chi connectivity index (χ1) is 10.2. The molecule has 1 aliphatic carbocycles. The maximum absolute atomic E-state index is 13.7. The molecule has 2 N–H and O–H groups in total. The number of furan rings is 1. The predicted molar refractivity (Wildman–Crippen MR) is 79.2 cm³/mol. The lowest BCUT2D eigenvalue weighted by Gasteiger charge is -2.25. The number of benzene rings is 1. The van der Waals surface area contributed by atoms with Gasteiger partial charge in [-0.25, -0.2) is 4.39 Å². The van der Waals surface area contributed by atoms with Crippen molar-refractivity contribution in [3.63, 3.8) is 0 Å². The topological polar surface area (TPSA) is 45.4 Å². The minimum atomic E-state index is -0.271. The van der Waals surface area contributed by atoms with Crippen LogP contribution in [-0.2, 0) is 6.54 Å². The van der Waals surface area contributed by atoms with Gasteiger partial charge in [-0.05, 0) is 49.9 Å². The van der Waals surface area contributed by atoms with Gasteiger partial charge in [0.15, 0.2) is 0 Å². The summed E-state index contributed by atoms with van der Waals surface area (Å²) in [4.78, 5) is 0. The van der Waals surface area contributed by atoms with E-state index in [9.17, 15) is 9.50 Å². The highest BCUT2D eigenvalue weighted by Crippen LogP contribution is 2.25. The number of aliphatic hydroxyl groups is 1. The van der Waals surface area contributed by atoms with Gasteiger partial charge in [-0.15, -0.1) is 0 Å². The van der Waals surface area contributed by atoms with Crippen LogP contribution in [0.2, 0.25) is 0 Å². The molecular weight excluding hydrogens is 269 g/mol. The summed E-state index contributed by atoms with van der Waals surface area (Å²) in [5, 5.41) is 12.9. The lowest BCUT2D eigenvalue weighted by atomic mass is 9.93. The monoisotopic (exact) mass is 289 g/mol. The van der Waals surface area contributed by atoms with Gasteiger partial charge in [0, 0.05) is 6.04 Å². The zero-order chi connectivity index (χ0) is 14.7. The van der Waals surface area contributed by atoms with Crippen molar-refractivity contribution in [1.29, 1.82) is 0 Å². The van der Waals surface area contributed by atoms with Gasteiger partial charge in [-0.2, -0.15) is 0 Å². The zero-order valence-electron chi connectivity index (χ0n) is 11.9. The molecule has 1 aliphatic rings. The molecule has 4 heteroatoms. The fraction of sp³-hybridized carbons (Fsp3) is 0.412. The molecule has 112 valence electrons. The highest BCUT2D eigenvalue weighted by atomic mass is 19.1. The van der Waals surface area contributed by atoms with Gasteiger partial charge in [0.1, 0.15) is 17.3 Å². The van der Waals surface area contributed by atoms with Crippen LogP contribution in [0.15, 0.2) is 40.8 Å². The molecule has 3 rings (SSSR count). The Labute approximate surface area is 123 Å². The van der Waals surface area contributed by atoms with E-state index in [1.807, 2.05) is 6.07 Å². The molecule has 1 aromatic heterocycles. The molecule has 0 bridgehead atoms. The van der Waals surface area contributed by atoms with Crippen LogP contribution >= 0.6 is 0 Å². The first-order valence-corrected chi connectivity index (χ1v) is 7.47. The molecule has 0 saturated heterocycles. The van der Waals surface area contributed by atoms with E-state index in [1.165, 1.54) is 6.07 Å². The Balaban J connectivity index is 1.59. The van der Waals surface area contributed by atoms with E-state index < -0.39 is 0 Å². The Bertz CT molecular complexity index is 588. The summed E-state index contributed by atoms with van der Waals surface area (Å²) in [7, 11) is 0. The standard InChI is InChI=1S/C17H20FNO2/c18-16-4-2-1-3-15(16)17-10-9-14(21-17)11-19-12-5-7-13(20)8-6-12/h1-4,9-10,12-13,19-20H,5-8,11H2. The van der Waals surface area contributed by atoms with Crippen LogP contribution in [0.1, 0.15) is 31.4 Å². The van der Waals surface area contributed by atoms with E-state index in [1.54, 1.807) is 24.3 Å². The van der Waals surface area contributed by atoms with Gasteiger partial charge in [-0.3, -0.25) is 0 Å². The molecule has 0 unspecified atom stereocenters. The Hall–Kier alpha value is -1.65. The Morgan fingerprint density at radius 3 is 2.62 bits per heavy atom. The van der Waals surface area contributed by atoms with E-state index in [2.05, 4.69) is 5.32 Å². The van der Waals surface area contributed by atoms with E-state index in [0.717, 1.165) is 31.4 Å². The van der Waals surface area contributed by atoms with Crippen molar-refractivity contribution in [3.05, 3.63) is 48.0 Å². The van der Waals surface area contributed by atoms with Crippen molar-refractivity contribution in [2.45, 2.75) is 44.4 Å². The molecule has 2 aromatic rings. The SMILES string of the molecule is OC1CCC(NCc2ccc(-c3ccccc3F)o2)CC1. The Morgan fingerprint density at radius 1 is 1.10 bits per heavy atom. The number of hydrogen-bond acceptors (Lipinski definition) is 3. The molecule has 1 heterocycles. The number of aliphatic hydroxyl groups excluding tert-OH is 1. The van der Waals surface area contributed by atoms with Crippen LogP contribution in [0.4, 0.5) is 4.39 Å². The third-order valence-corrected chi connectivity index (χ3v) is 4.06. The summed E-state index contributed by atoms with van der Waals surface area (Å²) < 4.78 is 19.4. The van der Waals surface area contributed by atoms with Crippen LogP contribution in [0.5, 0.6) is 0 Å². The third-order valence-electron chi connectivity index (χ3n) is 4.06. The van der Waals surface area contributed by atoms with Crippen molar-refractivity contribution >= 4 is 0 Å². The largest absolute Gasteiger partial charge is 0.460 e. The number of hydrogen-bond donors (Lipinski definition) is 2. The van der Waals surface area contributed by atoms with E-state index in [4.69, 9.17) is 4.42 Å². The van der Waals surface area contributed by atoms with Gasteiger partial charge in [0.05, 0.1) is 18.2 Å². The van der Waals surface area contributed by atoms with E-state index in [-0.39, 0.29) is 11.9 Å². The molecule has 3 nitrogen and oxygen atoms in total. The van der Waals surface area contributed by atoms with Crippen molar-refractivity contribution in [1.82, 2.24) is 5.32 Å². The van der Waals surface area contributed by atoms with Gasteiger partial charge in [-0.1, -0.05) is 12.1 Å². The molecular formula is C17H20FNO2. The van der Waals surface area contributed by atoms with Gasteiger partial charge in [0.25, 0.3) is 0 Å². The second-order valence-electron chi connectivity index (χ2n) is 5.63. The average molecular weight is 289 g/mol. The third kappa shape index (κ3) is 3.52. The van der Waals surface area contributed by atoms with Crippen LogP contribution in [0.3, 0.4) is 0 Å².